The molecule has 0 aliphatic carbocycles. The monoisotopic (exact) mass is 282 g/mol. The third kappa shape index (κ3) is 4.76. The Labute approximate surface area is 122 Å². The lowest BCUT2D eigenvalue weighted by Gasteiger charge is -2.30. The molecule has 0 saturated heterocycles. The van der Waals surface area contributed by atoms with Crippen LogP contribution in [0.2, 0.25) is 0 Å². The molecule has 0 aliphatic heterocycles. The first-order valence-corrected chi connectivity index (χ1v) is 7.18. The molecule has 1 aromatic rings. The minimum Gasteiger partial charge on any atom is -0.383 e. The normalized spacial score (nSPS) is 12.8. The van der Waals surface area contributed by atoms with Crippen LogP contribution < -0.4 is 10.2 Å². The fourth-order valence-electron chi connectivity index (χ4n) is 2.02. The van der Waals surface area contributed by atoms with Gasteiger partial charge in [-0.2, -0.15) is 0 Å². The average Bonchev–Trinajstić information content (AvgIpc) is 2.42. The molecule has 0 aromatic heterocycles. The van der Waals surface area contributed by atoms with Crippen molar-refractivity contribution in [3.8, 4) is 0 Å². The summed E-state index contributed by atoms with van der Waals surface area (Å²) in [5.41, 5.74) is 1.61. The predicted molar refractivity (Wildman–Crippen MR) is 82.7 cm³/mol. The number of benzene rings is 1. The highest BCUT2D eigenvalue weighted by Gasteiger charge is 2.16. The summed E-state index contributed by atoms with van der Waals surface area (Å²) in [7, 11) is 3.61. The Morgan fingerprint density at radius 1 is 1.30 bits per heavy atom. The Morgan fingerprint density at radius 3 is 2.55 bits per heavy atom. The van der Waals surface area contributed by atoms with Gasteiger partial charge in [-0.25, -0.2) is 4.39 Å². The number of nitrogens with zero attached hydrogens (tertiary/aromatic N) is 1. The molecule has 1 N–H and O–H groups in total. The van der Waals surface area contributed by atoms with Crippen molar-refractivity contribution in [3.05, 3.63) is 29.6 Å². The van der Waals surface area contributed by atoms with Crippen LogP contribution in [0.15, 0.2) is 18.2 Å². The van der Waals surface area contributed by atoms with Gasteiger partial charge in [0.05, 0.1) is 12.3 Å². The van der Waals surface area contributed by atoms with Gasteiger partial charge in [0.1, 0.15) is 5.82 Å². The molecular formula is C16H27FN2O. The van der Waals surface area contributed by atoms with Gasteiger partial charge < -0.3 is 15.0 Å². The number of anilines is 1. The van der Waals surface area contributed by atoms with E-state index in [2.05, 4.69) is 26.1 Å². The van der Waals surface area contributed by atoms with Crippen LogP contribution in [0.1, 0.15) is 26.3 Å². The van der Waals surface area contributed by atoms with Crippen molar-refractivity contribution in [1.29, 1.82) is 0 Å². The molecule has 1 atom stereocenters. The Balaban J connectivity index is 2.68. The Hall–Kier alpha value is -1.13. The quantitative estimate of drug-likeness (QED) is 0.742. The van der Waals surface area contributed by atoms with Crippen molar-refractivity contribution >= 4 is 5.69 Å². The zero-order valence-electron chi connectivity index (χ0n) is 13.2. The van der Waals surface area contributed by atoms with Crippen LogP contribution in [0.5, 0.6) is 0 Å². The SMILES string of the molecule is COCCNCc1ccc(N(C)C(C)C(C)C)c(F)c1. The van der Waals surface area contributed by atoms with Gasteiger partial charge in [-0.3, -0.25) is 0 Å². The van der Waals surface area contributed by atoms with Crippen molar-refractivity contribution in [1.82, 2.24) is 5.32 Å². The molecule has 4 heteroatoms. The molecule has 0 fully saturated rings. The van der Waals surface area contributed by atoms with Gasteiger partial charge in [0.2, 0.25) is 0 Å². The van der Waals surface area contributed by atoms with E-state index in [-0.39, 0.29) is 5.82 Å². The number of methoxy groups -OCH3 is 1. The van der Waals surface area contributed by atoms with E-state index in [9.17, 15) is 4.39 Å². The molecular weight excluding hydrogens is 255 g/mol. The lowest BCUT2D eigenvalue weighted by molar-refractivity contribution is 0.199. The van der Waals surface area contributed by atoms with E-state index in [0.717, 1.165) is 12.1 Å². The largest absolute Gasteiger partial charge is 0.383 e. The van der Waals surface area contributed by atoms with E-state index < -0.39 is 0 Å². The van der Waals surface area contributed by atoms with Crippen LogP contribution in [0, 0.1) is 11.7 Å². The van der Waals surface area contributed by atoms with Crippen LogP contribution in [0.25, 0.3) is 0 Å². The zero-order chi connectivity index (χ0) is 15.1. The van der Waals surface area contributed by atoms with Crippen LogP contribution in [0.4, 0.5) is 10.1 Å². The summed E-state index contributed by atoms with van der Waals surface area (Å²) in [4.78, 5) is 2.00. The summed E-state index contributed by atoms with van der Waals surface area (Å²) in [5, 5.41) is 3.21. The molecule has 1 aromatic carbocycles. The number of nitrogens with one attached hydrogen (secondary N) is 1. The van der Waals surface area contributed by atoms with Crippen LogP contribution in [-0.2, 0) is 11.3 Å². The zero-order valence-corrected chi connectivity index (χ0v) is 13.2. The molecule has 0 radical (unpaired) electrons. The summed E-state index contributed by atoms with van der Waals surface area (Å²) in [6.45, 7) is 8.49. The Kier molecular flexibility index (Phi) is 6.96. The minimum absolute atomic E-state index is 0.161. The molecule has 20 heavy (non-hydrogen) atoms. The molecule has 0 amide bonds. The van der Waals surface area contributed by atoms with Gasteiger partial charge >= 0.3 is 0 Å². The first kappa shape index (κ1) is 16.9. The molecule has 0 aliphatic rings. The second-order valence-corrected chi connectivity index (χ2v) is 5.55. The van der Waals surface area contributed by atoms with Gasteiger partial charge in [-0.15, -0.1) is 0 Å². The second-order valence-electron chi connectivity index (χ2n) is 5.55. The van der Waals surface area contributed by atoms with Gasteiger partial charge in [-0.1, -0.05) is 19.9 Å². The maximum atomic E-state index is 14.2. The van der Waals surface area contributed by atoms with Crippen LogP contribution in [0.3, 0.4) is 0 Å². The predicted octanol–water partition coefficient (Wildman–Crippen LogP) is 3.04. The lowest BCUT2D eigenvalue weighted by Crippen LogP contribution is -2.33. The maximum absolute atomic E-state index is 14.2. The third-order valence-corrected chi connectivity index (χ3v) is 3.78. The van der Waals surface area contributed by atoms with E-state index >= 15 is 0 Å². The molecule has 1 unspecified atom stereocenters. The van der Waals surface area contributed by atoms with Gasteiger partial charge in [0.25, 0.3) is 0 Å². The lowest BCUT2D eigenvalue weighted by atomic mass is 10.0. The first-order chi connectivity index (χ1) is 9.47. The number of hydrogen-bond donors (Lipinski definition) is 1. The molecule has 0 bridgehead atoms. The molecule has 114 valence electrons. The minimum atomic E-state index is -0.161. The number of halogens is 1. The second kappa shape index (κ2) is 8.22. The number of hydrogen-bond acceptors (Lipinski definition) is 3. The summed E-state index contributed by atoms with van der Waals surface area (Å²) in [5.74, 6) is 0.320. The van der Waals surface area contributed by atoms with E-state index in [4.69, 9.17) is 4.74 Å². The van der Waals surface area contributed by atoms with Crippen LogP contribution in [-0.4, -0.2) is 33.4 Å². The van der Waals surface area contributed by atoms with E-state index in [1.807, 2.05) is 24.1 Å². The summed E-state index contributed by atoms with van der Waals surface area (Å²) >= 11 is 0. The van der Waals surface area contributed by atoms with Gasteiger partial charge in [0.15, 0.2) is 0 Å². The maximum Gasteiger partial charge on any atom is 0.146 e. The smallest absolute Gasteiger partial charge is 0.146 e. The molecule has 3 nitrogen and oxygen atoms in total. The van der Waals surface area contributed by atoms with Gasteiger partial charge in [-0.05, 0) is 30.5 Å². The third-order valence-electron chi connectivity index (χ3n) is 3.78. The highest BCUT2D eigenvalue weighted by Crippen LogP contribution is 2.23. The fraction of sp³-hybridized carbons (Fsp3) is 0.625. The highest BCUT2D eigenvalue weighted by molar-refractivity contribution is 5.49. The fourth-order valence-corrected chi connectivity index (χ4v) is 2.02. The molecule has 0 spiro atoms. The topological polar surface area (TPSA) is 24.5 Å². The van der Waals surface area contributed by atoms with Crippen LogP contribution >= 0.6 is 0 Å². The van der Waals surface area contributed by atoms with E-state index in [0.29, 0.717) is 30.8 Å². The van der Waals surface area contributed by atoms with E-state index in [1.54, 1.807) is 13.2 Å². The molecule has 1 rings (SSSR count). The van der Waals surface area contributed by atoms with Crippen molar-refractivity contribution < 1.29 is 9.13 Å². The molecule has 0 saturated carbocycles. The van der Waals surface area contributed by atoms with E-state index in [1.165, 1.54) is 0 Å². The summed E-state index contributed by atoms with van der Waals surface area (Å²) < 4.78 is 19.2. The van der Waals surface area contributed by atoms with Crippen molar-refractivity contribution in [2.24, 2.45) is 5.92 Å². The van der Waals surface area contributed by atoms with Crippen molar-refractivity contribution in [2.45, 2.75) is 33.4 Å². The molecule has 0 heterocycles. The summed E-state index contributed by atoms with van der Waals surface area (Å²) in [6, 6.07) is 5.75. The summed E-state index contributed by atoms with van der Waals surface area (Å²) in [6.07, 6.45) is 0. The Bertz CT molecular complexity index is 409. The Morgan fingerprint density at radius 2 is 2.00 bits per heavy atom. The average molecular weight is 282 g/mol. The number of rotatable bonds is 8. The van der Waals surface area contributed by atoms with Crippen molar-refractivity contribution in [3.63, 3.8) is 0 Å². The van der Waals surface area contributed by atoms with Crippen molar-refractivity contribution in [2.75, 3.05) is 32.2 Å². The number of ether oxygens (including phenoxy) is 1. The first-order valence-electron chi connectivity index (χ1n) is 7.18. The van der Waals surface area contributed by atoms with Gasteiger partial charge in [0, 0.05) is 33.3 Å². The standard InChI is InChI=1S/C16H27FN2O/c1-12(2)13(3)19(4)16-7-6-14(10-15(16)17)11-18-8-9-20-5/h6-7,10,12-13,18H,8-9,11H2,1-5H3. The highest BCUT2D eigenvalue weighted by atomic mass is 19.1.